The minimum Gasteiger partial charge on any atom is -0.370 e. The number of nitrogens with zero attached hydrogens (tertiary/aromatic N) is 5. The molecule has 0 aliphatic heterocycles. The van der Waals surface area contributed by atoms with Crippen LogP contribution in [0.1, 0.15) is 62.2 Å². The first-order valence-electron chi connectivity index (χ1n) is 9.78. The van der Waals surface area contributed by atoms with Crippen molar-refractivity contribution < 1.29 is 9.32 Å². The number of aromatic nitrogens is 5. The molecule has 0 radical (unpaired) electrons. The van der Waals surface area contributed by atoms with E-state index in [0.717, 1.165) is 29.4 Å². The van der Waals surface area contributed by atoms with Gasteiger partial charge in [-0.05, 0) is 24.3 Å². The van der Waals surface area contributed by atoms with E-state index in [-0.39, 0.29) is 12.3 Å². The fourth-order valence-corrected chi connectivity index (χ4v) is 3.87. The molecule has 1 aliphatic rings. The van der Waals surface area contributed by atoms with Gasteiger partial charge in [-0.2, -0.15) is 4.98 Å². The molecule has 1 aromatic carbocycles. The van der Waals surface area contributed by atoms with Crippen molar-refractivity contribution in [3.63, 3.8) is 0 Å². The van der Waals surface area contributed by atoms with Gasteiger partial charge in [0.05, 0.1) is 5.75 Å². The minimum absolute atomic E-state index is 0.266. The Bertz CT molecular complexity index is 991. The van der Waals surface area contributed by atoms with Gasteiger partial charge in [-0.25, -0.2) is 0 Å². The third-order valence-electron chi connectivity index (χ3n) is 4.90. The Morgan fingerprint density at radius 2 is 2.03 bits per heavy atom. The lowest BCUT2D eigenvalue weighted by Gasteiger charge is -2.07. The van der Waals surface area contributed by atoms with E-state index >= 15 is 0 Å². The fraction of sp³-hybridized carbons (Fsp3) is 0.450. The highest BCUT2D eigenvalue weighted by atomic mass is 32.2. The number of carbonyl (C=O) groups excluding carboxylic acids is 1. The number of primary amides is 1. The molecule has 3 aromatic rings. The average molecular weight is 413 g/mol. The van der Waals surface area contributed by atoms with Crippen LogP contribution in [0.5, 0.6) is 0 Å². The molecular formula is C20H24N6O2S. The van der Waals surface area contributed by atoms with Gasteiger partial charge >= 0.3 is 0 Å². The Hall–Kier alpha value is -2.68. The summed E-state index contributed by atoms with van der Waals surface area (Å²) < 4.78 is 7.40. The Labute approximate surface area is 173 Å². The van der Waals surface area contributed by atoms with E-state index in [1.165, 1.54) is 17.3 Å². The van der Waals surface area contributed by atoms with Gasteiger partial charge in [0.25, 0.3) is 0 Å². The van der Waals surface area contributed by atoms with Crippen molar-refractivity contribution in [3.05, 3.63) is 41.5 Å². The summed E-state index contributed by atoms with van der Waals surface area (Å²) in [6.07, 6.45) is 2.49. The van der Waals surface area contributed by atoms with Crippen LogP contribution in [0.15, 0.2) is 33.9 Å². The predicted molar refractivity (Wildman–Crippen MR) is 109 cm³/mol. The summed E-state index contributed by atoms with van der Waals surface area (Å²) in [5.74, 6) is 3.10. The third-order valence-corrected chi connectivity index (χ3v) is 5.85. The lowest BCUT2D eigenvalue weighted by atomic mass is 10.0. The monoisotopic (exact) mass is 412 g/mol. The maximum atomic E-state index is 11.2. The first kappa shape index (κ1) is 19.6. The summed E-state index contributed by atoms with van der Waals surface area (Å²) in [5.41, 5.74) is 7.52. The van der Waals surface area contributed by atoms with Crippen molar-refractivity contribution in [2.24, 2.45) is 5.73 Å². The average Bonchev–Trinajstić information content (AvgIpc) is 3.30. The van der Waals surface area contributed by atoms with Gasteiger partial charge in [-0.1, -0.05) is 55.0 Å². The standard InChI is InChI=1S/C20H24N6O2S/c1-12(2)13-3-5-14(6-4-13)18-22-17(28-25-18)11-29-20-24-23-19(15-7-8-15)26(20)10-9-16(21)27/h3-6,12,15H,7-11H2,1-2H3,(H2,21,27). The molecule has 1 fully saturated rings. The highest BCUT2D eigenvalue weighted by Gasteiger charge is 2.30. The number of hydrogen-bond donors (Lipinski definition) is 1. The molecule has 4 rings (SSSR count). The van der Waals surface area contributed by atoms with Gasteiger partial charge < -0.3 is 14.8 Å². The summed E-state index contributed by atoms with van der Waals surface area (Å²) in [6.45, 7) is 4.82. The van der Waals surface area contributed by atoms with Gasteiger partial charge in [0.2, 0.25) is 17.6 Å². The van der Waals surface area contributed by atoms with E-state index in [0.29, 0.717) is 35.8 Å². The number of nitrogens with two attached hydrogens (primary N) is 1. The van der Waals surface area contributed by atoms with Crippen molar-refractivity contribution in [2.45, 2.75) is 62.4 Å². The fourth-order valence-electron chi connectivity index (χ4n) is 3.06. The maximum Gasteiger partial charge on any atom is 0.237 e. The van der Waals surface area contributed by atoms with E-state index in [2.05, 4.69) is 46.3 Å². The van der Waals surface area contributed by atoms with E-state index in [1.54, 1.807) is 0 Å². The summed E-state index contributed by atoms with van der Waals surface area (Å²) >= 11 is 1.47. The largest absolute Gasteiger partial charge is 0.370 e. The maximum absolute atomic E-state index is 11.2. The zero-order valence-corrected chi connectivity index (χ0v) is 17.4. The van der Waals surface area contributed by atoms with Crippen LogP contribution in [-0.4, -0.2) is 30.8 Å². The summed E-state index contributed by atoms with van der Waals surface area (Å²) in [6, 6.07) is 8.20. The normalized spacial score (nSPS) is 13.9. The Kier molecular flexibility index (Phi) is 5.66. The van der Waals surface area contributed by atoms with Crippen LogP contribution in [0, 0.1) is 0 Å². The van der Waals surface area contributed by atoms with Crippen molar-refractivity contribution in [2.75, 3.05) is 0 Å². The molecule has 0 unspecified atom stereocenters. The summed E-state index contributed by atoms with van der Waals surface area (Å²) in [4.78, 5) is 15.7. The molecule has 0 atom stereocenters. The molecule has 152 valence electrons. The van der Waals surface area contributed by atoms with Crippen LogP contribution in [0.4, 0.5) is 0 Å². The summed E-state index contributed by atoms with van der Waals surface area (Å²) in [7, 11) is 0. The molecular weight excluding hydrogens is 388 g/mol. The van der Waals surface area contributed by atoms with Crippen molar-refractivity contribution in [1.82, 2.24) is 24.9 Å². The van der Waals surface area contributed by atoms with Crippen LogP contribution < -0.4 is 5.73 Å². The number of thioether (sulfide) groups is 1. The van der Waals surface area contributed by atoms with E-state index in [9.17, 15) is 4.79 Å². The summed E-state index contributed by atoms with van der Waals surface area (Å²) in [5, 5.41) is 13.5. The van der Waals surface area contributed by atoms with Gasteiger partial charge in [-0.15, -0.1) is 10.2 Å². The molecule has 1 aliphatic carbocycles. The van der Waals surface area contributed by atoms with Gasteiger partial charge in [0, 0.05) is 24.4 Å². The SMILES string of the molecule is CC(C)c1ccc(-c2noc(CSc3nnc(C4CC4)n3CCC(N)=O)n2)cc1. The molecule has 9 heteroatoms. The molecule has 2 aromatic heterocycles. The number of hydrogen-bond acceptors (Lipinski definition) is 7. The minimum atomic E-state index is -0.332. The van der Waals surface area contributed by atoms with Crippen LogP contribution >= 0.6 is 11.8 Å². The van der Waals surface area contributed by atoms with Crippen molar-refractivity contribution in [3.8, 4) is 11.4 Å². The third kappa shape index (κ3) is 4.67. The van der Waals surface area contributed by atoms with Crippen molar-refractivity contribution in [1.29, 1.82) is 0 Å². The Morgan fingerprint density at radius 3 is 2.69 bits per heavy atom. The van der Waals surface area contributed by atoms with E-state index in [1.807, 2.05) is 16.7 Å². The first-order valence-corrected chi connectivity index (χ1v) is 10.8. The molecule has 1 saturated carbocycles. The van der Waals surface area contributed by atoms with Crippen LogP contribution in [-0.2, 0) is 17.1 Å². The predicted octanol–water partition coefficient (Wildman–Crippen LogP) is 3.50. The molecule has 2 N–H and O–H groups in total. The number of rotatable bonds is 9. The molecule has 0 bridgehead atoms. The lowest BCUT2D eigenvalue weighted by molar-refractivity contribution is -0.118. The highest BCUT2D eigenvalue weighted by molar-refractivity contribution is 7.98. The highest BCUT2D eigenvalue weighted by Crippen LogP contribution is 2.40. The van der Waals surface area contributed by atoms with E-state index in [4.69, 9.17) is 10.3 Å². The molecule has 29 heavy (non-hydrogen) atoms. The number of benzene rings is 1. The van der Waals surface area contributed by atoms with Crippen molar-refractivity contribution >= 4 is 17.7 Å². The quantitative estimate of drug-likeness (QED) is 0.535. The smallest absolute Gasteiger partial charge is 0.237 e. The Balaban J connectivity index is 1.44. The van der Waals surface area contributed by atoms with Crippen LogP contribution in [0.3, 0.4) is 0 Å². The topological polar surface area (TPSA) is 113 Å². The lowest BCUT2D eigenvalue weighted by Crippen LogP contribution is -2.15. The zero-order valence-electron chi connectivity index (χ0n) is 16.5. The Morgan fingerprint density at radius 1 is 1.28 bits per heavy atom. The van der Waals surface area contributed by atoms with Crippen LogP contribution in [0.2, 0.25) is 0 Å². The molecule has 2 heterocycles. The molecule has 0 saturated heterocycles. The molecule has 8 nitrogen and oxygen atoms in total. The number of amides is 1. The van der Waals surface area contributed by atoms with E-state index < -0.39 is 0 Å². The van der Waals surface area contributed by atoms with Crippen LogP contribution in [0.25, 0.3) is 11.4 Å². The first-order chi connectivity index (χ1) is 14.0. The molecule has 0 spiro atoms. The second kappa shape index (κ2) is 8.36. The van der Waals surface area contributed by atoms with Gasteiger partial charge in [0.1, 0.15) is 5.82 Å². The zero-order chi connectivity index (χ0) is 20.4. The number of carbonyl (C=O) groups is 1. The molecule has 1 amide bonds. The van der Waals surface area contributed by atoms with Gasteiger partial charge in [0.15, 0.2) is 5.16 Å². The van der Waals surface area contributed by atoms with Gasteiger partial charge in [-0.3, -0.25) is 4.79 Å². The second-order valence-electron chi connectivity index (χ2n) is 7.56. The second-order valence-corrected chi connectivity index (χ2v) is 8.50.